The van der Waals surface area contributed by atoms with Gasteiger partial charge in [0.25, 0.3) is 0 Å². The summed E-state index contributed by atoms with van der Waals surface area (Å²) >= 11 is 12.7. The second-order valence-corrected chi connectivity index (χ2v) is 7.63. The molecule has 0 radical (unpaired) electrons. The third-order valence-corrected chi connectivity index (χ3v) is 5.48. The van der Waals surface area contributed by atoms with Crippen LogP contribution in [-0.2, 0) is 25.4 Å². The SMILES string of the molecule is CCOC(=O)c1c(CCOCCOCCN)nc(C)c(C(=O)OC)c1-c1cccc(Cl)c1Cl. The molecule has 0 bridgehead atoms. The molecular formula is C23H28Cl2N2O6. The Bertz CT molecular complexity index is 984. The Kier molecular flexibility index (Phi) is 11.0. The van der Waals surface area contributed by atoms with Crippen molar-refractivity contribution in [3.8, 4) is 11.1 Å². The molecule has 180 valence electrons. The molecule has 0 aliphatic heterocycles. The molecular weight excluding hydrogens is 471 g/mol. The Morgan fingerprint density at radius 2 is 1.73 bits per heavy atom. The van der Waals surface area contributed by atoms with Gasteiger partial charge in [0.05, 0.1) is 72.7 Å². The lowest BCUT2D eigenvalue weighted by Crippen LogP contribution is -2.19. The van der Waals surface area contributed by atoms with Crippen LogP contribution in [0.2, 0.25) is 10.0 Å². The van der Waals surface area contributed by atoms with Gasteiger partial charge in [-0.1, -0.05) is 35.3 Å². The molecule has 2 rings (SSSR count). The van der Waals surface area contributed by atoms with Gasteiger partial charge in [-0.3, -0.25) is 4.98 Å². The molecule has 1 aromatic heterocycles. The lowest BCUT2D eigenvalue weighted by Gasteiger charge is -2.20. The van der Waals surface area contributed by atoms with Gasteiger partial charge in [0, 0.05) is 24.1 Å². The Hall–Kier alpha value is -2.23. The molecule has 1 aromatic carbocycles. The highest BCUT2D eigenvalue weighted by atomic mass is 35.5. The number of pyridine rings is 1. The van der Waals surface area contributed by atoms with Crippen molar-refractivity contribution in [2.75, 3.05) is 46.7 Å². The van der Waals surface area contributed by atoms with Crippen molar-refractivity contribution in [3.63, 3.8) is 0 Å². The van der Waals surface area contributed by atoms with Gasteiger partial charge >= 0.3 is 11.9 Å². The number of aromatic nitrogens is 1. The molecule has 0 saturated heterocycles. The first kappa shape index (κ1) is 27.0. The number of benzene rings is 1. The Morgan fingerprint density at radius 1 is 1.03 bits per heavy atom. The molecule has 0 unspecified atom stereocenters. The summed E-state index contributed by atoms with van der Waals surface area (Å²) < 4.78 is 21.2. The zero-order chi connectivity index (χ0) is 24.4. The quantitative estimate of drug-likeness (QED) is 0.346. The van der Waals surface area contributed by atoms with E-state index in [1.165, 1.54) is 7.11 Å². The highest BCUT2D eigenvalue weighted by Gasteiger charge is 2.30. The molecule has 2 N–H and O–H groups in total. The predicted octanol–water partition coefficient (Wildman–Crippen LogP) is 3.86. The number of nitrogens with zero attached hydrogens (tertiary/aromatic N) is 1. The van der Waals surface area contributed by atoms with E-state index in [2.05, 4.69) is 4.98 Å². The average Bonchev–Trinajstić information content (AvgIpc) is 2.79. The molecule has 0 saturated carbocycles. The summed E-state index contributed by atoms with van der Waals surface area (Å²) in [6.45, 7) is 5.41. The van der Waals surface area contributed by atoms with E-state index in [9.17, 15) is 9.59 Å². The van der Waals surface area contributed by atoms with Crippen molar-refractivity contribution in [2.24, 2.45) is 5.73 Å². The van der Waals surface area contributed by atoms with Gasteiger partial charge in [0.15, 0.2) is 0 Å². The van der Waals surface area contributed by atoms with Crippen molar-refractivity contribution in [3.05, 3.63) is 50.8 Å². The standard InChI is InChI=1S/C23H28Cl2N2O6/c1-4-33-23(29)20-17(8-10-31-12-13-32-11-9-26)27-14(2)18(22(28)30-3)19(20)15-6-5-7-16(24)21(15)25/h5-7H,4,8-13,26H2,1-3H3. The zero-order valence-corrected chi connectivity index (χ0v) is 20.4. The molecule has 0 atom stereocenters. The molecule has 1 heterocycles. The van der Waals surface area contributed by atoms with Gasteiger partial charge in [0.2, 0.25) is 0 Å². The fraction of sp³-hybridized carbons (Fsp3) is 0.435. The summed E-state index contributed by atoms with van der Waals surface area (Å²) in [6, 6.07) is 4.97. The van der Waals surface area contributed by atoms with Gasteiger partial charge in [-0.05, 0) is 19.9 Å². The molecule has 10 heteroatoms. The maximum absolute atomic E-state index is 13.1. The van der Waals surface area contributed by atoms with Gasteiger partial charge in [0.1, 0.15) is 0 Å². The fourth-order valence-corrected chi connectivity index (χ4v) is 3.66. The third kappa shape index (κ3) is 6.88. The van der Waals surface area contributed by atoms with Crippen molar-refractivity contribution < 1.29 is 28.5 Å². The number of esters is 2. The number of carbonyl (C=O) groups excluding carboxylic acids is 2. The van der Waals surface area contributed by atoms with Gasteiger partial charge < -0.3 is 24.7 Å². The van der Waals surface area contributed by atoms with Gasteiger partial charge in [-0.2, -0.15) is 0 Å². The van der Waals surface area contributed by atoms with Gasteiger partial charge in [-0.15, -0.1) is 0 Å². The molecule has 33 heavy (non-hydrogen) atoms. The normalized spacial score (nSPS) is 10.8. The van der Waals surface area contributed by atoms with Crippen molar-refractivity contribution in [1.82, 2.24) is 4.98 Å². The van der Waals surface area contributed by atoms with E-state index >= 15 is 0 Å². The van der Waals surface area contributed by atoms with Crippen LogP contribution in [0.5, 0.6) is 0 Å². The summed E-state index contributed by atoms with van der Waals surface area (Å²) in [6.07, 6.45) is 0.290. The highest BCUT2D eigenvalue weighted by molar-refractivity contribution is 6.44. The molecule has 0 aliphatic carbocycles. The minimum atomic E-state index is -0.656. The third-order valence-electron chi connectivity index (χ3n) is 4.66. The maximum Gasteiger partial charge on any atom is 0.340 e. The van der Waals surface area contributed by atoms with Crippen LogP contribution < -0.4 is 5.73 Å². The van der Waals surface area contributed by atoms with Crippen molar-refractivity contribution in [2.45, 2.75) is 20.3 Å². The lowest BCUT2D eigenvalue weighted by molar-refractivity contribution is 0.0499. The second-order valence-electron chi connectivity index (χ2n) is 6.85. The first-order valence-corrected chi connectivity index (χ1v) is 11.2. The van der Waals surface area contributed by atoms with Crippen LogP contribution >= 0.6 is 23.2 Å². The molecule has 2 aromatic rings. The van der Waals surface area contributed by atoms with Crippen LogP contribution in [0.25, 0.3) is 11.1 Å². The van der Waals surface area contributed by atoms with Crippen LogP contribution in [0.4, 0.5) is 0 Å². The van der Waals surface area contributed by atoms with Crippen LogP contribution in [-0.4, -0.2) is 63.6 Å². The van der Waals surface area contributed by atoms with E-state index in [-0.39, 0.29) is 39.9 Å². The molecule has 0 amide bonds. The van der Waals surface area contributed by atoms with E-state index < -0.39 is 11.9 Å². The smallest absolute Gasteiger partial charge is 0.340 e. The number of rotatable bonds is 12. The molecule has 0 aliphatic rings. The Balaban J connectivity index is 2.59. The summed E-state index contributed by atoms with van der Waals surface area (Å²) in [5.41, 5.74) is 7.07. The first-order valence-electron chi connectivity index (χ1n) is 10.5. The Labute approximate surface area is 203 Å². The monoisotopic (exact) mass is 498 g/mol. The van der Waals surface area contributed by atoms with Crippen LogP contribution in [0, 0.1) is 6.92 Å². The zero-order valence-electron chi connectivity index (χ0n) is 18.9. The van der Waals surface area contributed by atoms with E-state index in [0.29, 0.717) is 49.7 Å². The van der Waals surface area contributed by atoms with Crippen molar-refractivity contribution in [1.29, 1.82) is 0 Å². The van der Waals surface area contributed by atoms with E-state index in [0.717, 1.165) is 0 Å². The minimum Gasteiger partial charge on any atom is -0.465 e. The lowest BCUT2D eigenvalue weighted by atomic mass is 9.91. The van der Waals surface area contributed by atoms with E-state index in [4.69, 9.17) is 47.9 Å². The highest BCUT2D eigenvalue weighted by Crippen LogP contribution is 2.39. The van der Waals surface area contributed by atoms with Crippen LogP contribution in [0.3, 0.4) is 0 Å². The number of hydrogen-bond donors (Lipinski definition) is 1. The number of ether oxygens (including phenoxy) is 4. The summed E-state index contributed by atoms with van der Waals surface area (Å²) in [7, 11) is 1.25. The molecule has 0 spiro atoms. The first-order chi connectivity index (χ1) is 15.9. The minimum absolute atomic E-state index is 0.115. The number of halogens is 2. The van der Waals surface area contributed by atoms with Crippen LogP contribution in [0.15, 0.2) is 18.2 Å². The van der Waals surface area contributed by atoms with Gasteiger partial charge in [-0.25, -0.2) is 9.59 Å². The predicted molar refractivity (Wildman–Crippen MR) is 126 cm³/mol. The summed E-state index contributed by atoms with van der Waals surface area (Å²) in [4.78, 5) is 30.3. The number of methoxy groups -OCH3 is 1. The average molecular weight is 499 g/mol. The van der Waals surface area contributed by atoms with E-state index in [1.54, 1.807) is 32.0 Å². The number of aryl methyl sites for hydroxylation is 1. The number of nitrogens with two attached hydrogens (primary N) is 1. The van der Waals surface area contributed by atoms with E-state index in [1.807, 2.05) is 0 Å². The second kappa shape index (κ2) is 13.5. The summed E-state index contributed by atoms with van der Waals surface area (Å²) in [5.74, 6) is -1.29. The maximum atomic E-state index is 13.1. The van der Waals surface area contributed by atoms with Crippen LogP contribution in [0.1, 0.15) is 39.0 Å². The molecule has 0 fully saturated rings. The molecule has 8 nitrogen and oxygen atoms in total. The number of carbonyl (C=O) groups is 2. The number of hydrogen-bond acceptors (Lipinski definition) is 8. The topological polar surface area (TPSA) is 110 Å². The largest absolute Gasteiger partial charge is 0.465 e. The van der Waals surface area contributed by atoms with Crippen molar-refractivity contribution >= 4 is 35.1 Å². The fourth-order valence-electron chi connectivity index (χ4n) is 3.26. The summed E-state index contributed by atoms with van der Waals surface area (Å²) in [5, 5.41) is 0.469. The Morgan fingerprint density at radius 3 is 2.36 bits per heavy atom.